The summed E-state index contributed by atoms with van der Waals surface area (Å²) in [5, 5.41) is 49.4. The SMILES string of the molecule is O=C(O)c1c(O)c(C2CCC2)nc2ccc(CO)cc12.OCc1ccc2nc(C3CCC3)c(O)c(Br)c2c1. The summed E-state index contributed by atoms with van der Waals surface area (Å²) in [5.74, 6) is -0.615. The number of nitrogens with zero attached hydrogens (tertiary/aromatic N) is 2. The molecule has 0 saturated heterocycles. The maximum atomic E-state index is 11.5. The van der Waals surface area contributed by atoms with Crippen LogP contribution in [-0.4, -0.2) is 41.5 Å². The molecular formula is C29H29BrN2O6. The molecule has 8 nitrogen and oxygen atoms in total. The van der Waals surface area contributed by atoms with Crippen molar-refractivity contribution in [3.8, 4) is 11.5 Å². The molecule has 6 rings (SSSR count). The number of carbonyl (C=O) groups is 1. The average molecular weight is 581 g/mol. The van der Waals surface area contributed by atoms with Gasteiger partial charge in [-0.3, -0.25) is 0 Å². The van der Waals surface area contributed by atoms with Crippen molar-refractivity contribution in [3.05, 3.63) is 68.9 Å². The zero-order chi connectivity index (χ0) is 27.0. The fraction of sp³-hybridized carbons (Fsp3) is 0.345. The Hall–Kier alpha value is -3.27. The van der Waals surface area contributed by atoms with Crippen LogP contribution in [0.2, 0.25) is 0 Å². The smallest absolute Gasteiger partial charge is 0.340 e. The molecule has 0 radical (unpaired) electrons. The predicted molar refractivity (Wildman–Crippen MR) is 147 cm³/mol. The van der Waals surface area contributed by atoms with Gasteiger partial charge in [0.05, 0.1) is 40.1 Å². The third-order valence-corrected chi connectivity index (χ3v) is 8.40. The van der Waals surface area contributed by atoms with Gasteiger partial charge in [0, 0.05) is 22.6 Å². The number of hydrogen-bond donors (Lipinski definition) is 5. The Balaban J connectivity index is 0.000000156. The molecule has 0 bridgehead atoms. The van der Waals surface area contributed by atoms with Crippen molar-refractivity contribution >= 4 is 43.7 Å². The quantitative estimate of drug-likeness (QED) is 0.197. The minimum Gasteiger partial charge on any atom is -0.505 e. The van der Waals surface area contributed by atoms with E-state index in [9.17, 15) is 20.1 Å². The van der Waals surface area contributed by atoms with E-state index >= 15 is 0 Å². The molecule has 2 heterocycles. The van der Waals surface area contributed by atoms with Gasteiger partial charge in [-0.1, -0.05) is 25.0 Å². The molecule has 9 heteroatoms. The Morgan fingerprint density at radius 1 is 0.789 bits per heavy atom. The highest BCUT2D eigenvalue weighted by molar-refractivity contribution is 9.10. The summed E-state index contributed by atoms with van der Waals surface area (Å²) < 4.78 is 0.685. The first kappa shape index (κ1) is 26.3. The third kappa shape index (κ3) is 4.81. The van der Waals surface area contributed by atoms with Gasteiger partial charge in [-0.05, 0) is 77.0 Å². The largest absolute Gasteiger partial charge is 0.505 e. The van der Waals surface area contributed by atoms with Crippen molar-refractivity contribution in [2.45, 2.75) is 63.6 Å². The number of carboxylic acid groups (broad SMARTS) is 1. The van der Waals surface area contributed by atoms with Crippen molar-refractivity contribution in [3.63, 3.8) is 0 Å². The second-order valence-corrected chi connectivity index (χ2v) is 10.8. The standard InChI is InChI=1S/C15H15NO4.C14H14BrNO2/c17-7-8-4-5-11-10(6-8)12(15(19)20)14(18)13(16-11)9-2-1-3-9;15-12-10-6-8(7-17)4-5-11(10)16-13(14(12)18)9-2-1-3-9/h4-6,9,17-18H,1-3,7H2,(H,19,20);4-6,9,17-18H,1-3,7H2. The van der Waals surface area contributed by atoms with Crippen LogP contribution in [0.15, 0.2) is 40.9 Å². The number of benzene rings is 2. The van der Waals surface area contributed by atoms with Crippen LogP contribution >= 0.6 is 15.9 Å². The Labute approximate surface area is 227 Å². The van der Waals surface area contributed by atoms with Crippen LogP contribution in [0.4, 0.5) is 0 Å². The van der Waals surface area contributed by atoms with Crippen LogP contribution < -0.4 is 0 Å². The molecule has 2 aromatic heterocycles. The maximum Gasteiger partial charge on any atom is 0.340 e. The molecule has 2 aliphatic carbocycles. The lowest BCUT2D eigenvalue weighted by molar-refractivity contribution is 0.0695. The molecule has 0 atom stereocenters. The first-order valence-corrected chi connectivity index (χ1v) is 13.5. The van der Waals surface area contributed by atoms with Gasteiger partial charge in [-0.25, -0.2) is 14.8 Å². The summed E-state index contributed by atoms with van der Waals surface area (Å²) in [6.07, 6.45) is 6.36. The zero-order valence-corrected chi connectivity index (χ0v) is 22.3. The summed E-state index contributed by atoms with van der Waals surface area (Å²) in [4.78, 5) is 20.5. The fourth-order valence-corrected chi connectivity index (χ4v) is 5.47. The summed E-state index contributed by atoms with van der Waals surface area (Å²) in [5.41, 5.74) is 3.99. The number of aromatic hydroxyl groups is 2. The molecule has 2 saturated carbocycles. The van der Waals surface area contributed by atoms with Crippen LogP contribution in [0.1, 0.15) is 83.2 Å². The minimum atomic E-state index is -1.18. The minimum absolute atomic E-state index is 0.00643. The molecule has 198 valence electrons. The summed E-state index contributed by atoms with van der Waals surface area (Å²) >= 11 is 3.44. The van der Waals surface area contributed by atoms with E-state index in [-0.39, 0.29) is 36.2 Å². The van der Waals surface area contributed by atoms with Crippen LogP contribution in [0.25, 0.3) is 21.8 Å². The zero-order valence-electron chi connectivity index (χ0n) is 20.7. The molecule has 0 unspecified atom stereocenters. The molecule has 2 fully saturated rings. The van der Waals surface area contributed by atoms with E-state index in [2.05, 4.69) is 25.9 Å². The van der Waals surface area contributed by atoms with Crippen LogP contribution in [0.3, 0.4) is 0 Å². The molecule has 5 N–H and O–H groups in total. The Bertz CT molecular complexity index is 1530. The predicted octanol–water partition coefficient (Wildman–Crippen LogP) is 5.86. The van der Waals surface area contributed by atoms with E-state index in [0.29, 0.717) is 32.6 Å². The number of hydrogen-bond acceptors (Lipinski definition) is 7. The lowest BCUT2D eigenvalue weighted by Crippen LogP contribution is -2.13. The van der Waals surface area contributed by atoms with E-state index < -0.39 is 5.97 Å². The van der Waals surface area contributed by atoms with Crippen molar-refractivity contribution in [1.82, 2.24) is 9.97 Å². The number of halogens is 1. The van der Waals surface area contributed by atoms with Gasteiger partial charge in [-0.15, -0.1) is 0 Å². The number of aromatic nitrogens is 2. The Morgan fingerprint density at radius 2 is 1.26 bits per heavy atom. The van der Waals surface area contributed by atoms with E-state index in [1.807, 2.05) is 18.2 Å². The van der Waals surface area contributed by atoms with Crippen molar-refractivity contribution in [1.29, 1.82) is 0 Å². The van der Waals surface area contributed by atoms with Gasteiger partial charge < -0.3 is 25.5 Å². The van der Waals surface area contributed by atoms with E-state index in [1.165, 1.54) is 6.42 Å². The third-order valence-electron chi connectivity index (χ3n) is 7.60. The summed E-state index contributed by atoms with van der Waals surface area (Å²) in [6, 6.07) is 10.6. The molecule has 38 heavy (non-hydrogen) atoms. The second kappa shape index (κ2) is 10.8. The van der Waals surface area contributed by atoms with Gasteiger partial charge in [0.25, 0.3) is 0 Å². The highest BCUT2D eigenvalue weighted by Crippen LogP contribution is 2.44. The van der Waals surface area contributed by atoms with Gasteiger partial charge >= 0.3 is 5.97 Å². The van der Waals surface area contributed by atoms with Gasteiger partial charge in [0.1, 0.15) is 5.56 Å². The first-order valence-electron chi connectivity index (χ1n) is 12.7. The number of carboxylic acids is 1. The fourth-order valence-electron chi connectivity index (χ4n) is 4.94. The summed E-state index contributed by atoms with van der Waals surface area (Å²) in [7, 11) is 0. The average Bonchev–Trinajstić information content (AvgIpc) is 2.85. The van der Waals surface area contributed by atoms with Crippen LogP contribution in [0, 0.1) is 0 Å². The van der Waals surface area contributed by atoms with E-state index in [4.69, 9.17) is 10.2 Å². The number of rotatable bonds is 5. The van der Waals surface area contributed by atoms with Crippen molar-refractivity contribution < 1.29 is 30.3 Å². The number of fused-ring (bicyclic) bond motifs is 2. The number of aliphatic hydroxyl groups is 2. The highest BCUT2D eigenvalue weighted by Gasteiger charge is 2.29. The van der Waals surface area contributed by atoms with Crippen LogP contribution in [-0.2, 0) is 13.2 Å². The second-order valence-electron chi connectivity index (χ2n) is 9.96. The van der Waals surface area contributed by atoms with Gasteiger partial charge in [0.2, 0.25) is 0 Å². The number of aromatic carboxylic acids is 1. The monoisotopic (exact) mass is 580 g/mol. The van der Waals surface area contributed by atoms with Gasteiger partial charge in [0.15, 0.2) is 11.5 Å². The number of pyridine rings is 2. The van der Waals surface area contributed by atoms with Crippen LogP contribution in [0.5, 0.6) is 11.5 Å². The molecular weight excluding hydrogens is 552 g/mol. The highest BCUT2D eigenvalue weighted by atomic mass is 79.9. The lowest BCUT2D eigenvalue weighted by Gasteiger charge is -2.26. The molecule has 4 aromatic rings. The molecule has 2 aromatic carbocycles. The van der Waals surface area contributed by atoms with Crippen molar-refractivity contribution in [2.75, 3.05) is 0 Å². The van der Waals surface area contributed by atoms with E-state index in [1.54, 1.807) is 18.2 Å². The molecule has 0 aliphatic heterocycles. The first-order chi connectivity index (χ1) is 18.3. The number of aliphatic hydroxyl groups excluding tert-OH is 2. The topological polar surface area (TPSA) is 144 Å². The van der Waals surface area contributed by atoms with Crippen molar-refractivity contribution in [2.24, 2.45) is 0 Å². The Kier molecular flexibility index (Phi) is 7.52. The van der Waals surface area contributed by atoms with E-state index in [0.717, 1.165) is 54.3 Å². The molecule has 2 aliphatic rings. The molecule has 0 amide bonds. The summed E-state index contributed by atoms with van der Waals surface area (Å²) in [6.45, 7) is -0.187. The Morgan fingerprint density at radius 3 is 1.71 bits per heavy atom. The van der Waals surface area contributed by atoms with Gasteiger partial charge in [-0.2, -0.15) is 0 Å². The normalized spacial score (nSPS) is 15.6. The lowest BCUT2D eigenvalue weighted by atomic mass is 9.81. The maximum absolute atomic E-state index is 11.5. The molecule has 0 spiro atoms.